The van der Waals surface area contributed by atoms with Gasteiger partial charge in [-0.2, -0.15) is 0 Å². The molecule has 0 aromatic heterocycles. The van der Waals surface area contributed by atoms with Crippen LogP contribution >= 0.6 is 11.9 Å². The van der Waals surface area contributed by atoms with E-state index in [4.69, 9.17) is 19.9 Å². The molecule has 182 valence electrons. The fraction of sp³-hybridized carbons (Fsp3) is 0.720. The standard InChI is InChI=1S/C25H37N3O4S/c1-16(2)13-28(33-19-6-4-18(5-7-19)25(26)8-9-25)11-3-10-27-24(29)32-22-17-12-20-21(22)15-31-23(20)30-14-17/h4-7,16-17,20-23H,3,8-15,26H2,1-2H3,(H,27,29). The maximum atomic E-state index is 12.5. The van der Waals surface area contributed by atoms with Gasteiger partial charge in [0.25, 0.3) is 0 Å². The SMILES string of the molecule is CC(C)CN(CCCNC(=O)OC1C2COC3OCC1C3C2)Sc1ccc(C2(N)CC2)cc1. The van der Waals surface area contributed by atoms with Crippen LogP contribution in [0.2, 0.25) is 0 Å². The number of carbonyl (C=O) groups excluding carboxylic acids is 1. The van der Waals surface area contributed by atoms with E-state index in [2.05, 4.69) is 47.7 Å². The first kappa shape index (κ1) is 23.4. The molecule has 33 heavy (non-hydrogen) atoms. The molecule has 0 spiro atoms. The molecule has 4 fully saturated rings. The van der Waals surface area contributed by atoms with Crippen LogP contribution < -0.4 is 11.1 Å². The molecule has 7 nitrogen and oxygen atoms in total. The van der Waals surface area contributed by atoms with E-state index >= 15 is 0 Å². The third kappa shape index (κ3) is 5.35. The van der Waals surface area contributed by atoms with Crippen molar-refractivity contribution in [3.63, 3.8) is 0 Å². The van der Waals surface area contributed by atoms with Crippen LogP contribution in [-0.2, 0) is 19.7 Å². The van der Waals surface area contributed by atoms with Crippen molar-refractivity contribution in [3.05, 3.63) is 29.8 Å². The number of hydrogen-bond acceptors (Lipinski definition) is 7. The fourth-order valence-corrected chi connectivity index (χ4v) is 6.61. The van der Waals surface area contributed by atoms with Crippen LogP contribution in [0.15, 0.2) is 29.2 Å². The van der Waals surface area contributed by atoms with Gasteiger partial charge in [-0.15, -0.1) is 0 Å². The predicted octanol–water partition coefficient (Wildman–Crippen LogP) is 3.72. The summed E-state index contributed by atoms with van der Waals surface area (Å²) in [5.41, 5.74) is 7.46. The third-order valence-corrected chi connectivity index (χ3v) is 8.48. The van der Waals surface area contributed by atoms with E-state index in [1.54, 1.807) is 11.9 Å². The van der Waals surface area contributed by atoms with E-state index in [1.807, 2.05) is 0 Å². The van der Waals surface area contributed by atoms with Crippen molar-refractivity contribution in [2.45, 2.75) is 62.4 Å². The maximum Gasteiger partial charge on any atom is 0.407 e. The zero-order valence-corrected chi connectivity index (χ0v) is 20.5. The molecule has 8 heteroatoms. The molecule has 5 atom stereocenters. The van der Waals surface area contributed by atoms with Gasteiger partial charge in [0.15, 0.2) is 6.29 Å². The minimum atomic E-state index is -0.314. The minimum Gasteiger partial charge on any atom is -0.445 e. The van der Waals surface area contributed by atoms with Crippen molar-refractivity contribution >= 4 is 18.0 Å². The fourth-order valence-electron chi connectivity index (χ4n) is 5.46. The van der Waals surface area contributed by atoms with Crippen LogP contribution in [0.25, 0.3) is 0 Å². The summed E-state index contributed by atoms with van der Waals surface area (Å²) in [5, 5.41) is 2.96. The van der Waals surface area contributed by atoms with Crippen molar-refractivity contribution < 1.29 is 19.0 Å². The van der Waals surface area contributed by atoms with E-state index in [0.717, 1.165) is 38.8 Å². The lowest BCUT2D eigenvalue weighted by Crippen LogP contribution is -2.37. The normalized spacial score (nSPS) is 31.2. The van der Waals surface area contributed by atoms with Gasteiger partial charge in [-0.25, -0.2) is 9.10 Å². The van der Waals surface area contributed by atoms with Crippen LogP contribution in [0, 0.1) is 23.7 Å². The molecule has 1 aromatic carbocycles. The zero-order chi connectivity index (χ0) is 23.0. The highest BCUT2D eigenvalue weighted by Gasteiger charge is 2.56. The second-order valence-corrected chi connectivity index (χ2v) is 11.7. The van der Waals surface area contributed by atoms with Crippen LogP contribution in [0.4, 0.5) is 4.79 Å². The Bertz CT molecular complexity index is 831. The largest absolute Gasteiger partial charge is 0.445 e. The van der Waals surface area contributed by atoms with Gasteiger partial charge in [-0.1, -0.05) is 26.0 Å². The van der Waals surface area contributed by atoms with Crippen LogP contribution in [0.5, 0.6) is 0 Å². The monoisotopic (exact) mass is 475 g/mol. The molecule has 2 saturated heterocycles. The molecule has 0 radical (unpaired) electrons. The second-order valence-electron chi connectivity index (χ2n) is 10.6. The number of nitrogens with zero attached hydrogens (tertiary/aromatic N) is 1. The molecule has 5 unspecified atom stereocenters. The first-order valence-corrected chi connectivity index (χ1v) is 13.2. The van der Waals surface area contributed by atoms with Crippen molar-refractivity contribution in [1.29, 1.82) is 0 Å². The number of rotatable bonds is 10. The van der Waals surface area contributed by atoms with E-state index in [-0.39, 0.29) is 29.9 Å². The molecule has 3 N–H and O–H groups in total. The summed E-state index contributed by atoms with van der Waals surface area (Å²) < 4.78 is 19.7. The Labute approximate surface area is 201 Å². The molecule has 2 aliphatic heterocycles. The lowest BCUT2D eigenvalue weighted by molar-refractivity contribution is -0.169. The number of alkyl carbamates (subject to hydrolysis) is 1. The highest BCUT2D eigenvalue weighted by atomic mass is 32.2. The minimum absolute atomic E-state index is 0.0817. The van der Waals surface area contributed by atoms with Gasteiger partial charge < -0.3 is 25.3 Å². The number of fused-ring (bicyclic) bond motifs is 1. The average molecular weight is 476 g/mol. The van der Waals surface area contributed by atoms with Gasteiger partial charge in [0.2, 0.25) is 0 Å². The Morgan fingerprint density at radius 3 is 2.73 bits per heavy atom. The van der Waals surface area contributed by atoms with Gasteiger partial charge in [-0.05, 0) is 61.2 Å². The molecule has 2 saturated carbocycles. The summed E-state index contributed by atoms with van der Waals surface area (Å²) in [4.78, 5) is 13.7. The first-order valence-electron chi connectivity index (χ1n) is 12.4. The summed E-state index contributed by atoms with van der Waals surface area (Å²) in [6.45, 7) is 8.22. The third-order valence-electron chi connectivity index (χ3n) is 7.41. The van der Waals surface area contributed by atoms with Crippen molar-refractivity contribution in [3.8, 4) is 0 Å². The summed E-state index contributed by atoms with van der Waals surface area (Å²) in [6.07, 6.45) is 3.59. The van der Waals surface area contributed by atoms with Crippen molar-refractivity contribution in [2.24, 2.45) is 29.4 Å². The number of hydrogen-bond donors (Lipinski definition) is 2. The maximum absolute atomic E-state index is 12.5. The molecule has 1 aromatic rings. The Balaban J connectivity index is 1.06. The van der Waals surface area contributed by atoms with Crippen LogP contribution in [0.1, 0.15) is 45.1 Å². The Morgan fingerprint density at radius 1 is 1.24 bits per heavy atom. The van der Waals surface area contributed by atoms with Crippen LogP contribution in [-0.4, -0.2) is 55.6 Å². The first-order chi connectivity index (χ1) is 15.9. The Kier molecular flexibility index (Phi) is 6.91. The van der Waals surface area contributed by atoms with E-state index in [9.17, 15) is 4.79 Å². The van der Waals surface area contributed by atoms with Gasteiger partial charge >= 0.3 is 6.09 Å². The number of nitrogens with two attached hydrogens (primary N) is 1. The number of benzene rings is 1. The van der Waals surface area contributed by atoms with Crippen molar-refractivity contribution in [1.82, 2.24) is 9.62 Å². The van der Waals surface area contributed by atoms with E-state index < -0.39 is 0 Å². The highest BCUT2D eigenvalue weighted by Crippen LogP contribution is 2.49. The smallest absolute Gasteiger partial charge is 0.407 e. The Hall–Kier alpha value is -1.32. The molecule has 5 rings (SSSR count). The molecule has 2 bridgehead atoms. The Morgan fingerprint density at radius 2 is 2.00 bits per heavy atom. The summed E-state index contributed by atoms with van der Waals surface area (Å²) in [5.74, 6) is 1.54. The van der Waals surface area contributed by atoms with Gasteiger partial charge in [0.05, 0.1) is 13.2 Å². The molecular weight excluding hydrogens is 438 g/mol. The van der Waals surface area contributed by atoms with Gasteiger partial charge in [-0.3, -0.25) is 0 Å². The summed E-state index contributed by atoms with van der Waals surface area (Å²) in [7, 11) is 0. The average Bonchev–Trinajstić information content (AvgIpc) is 3.30. The highest BCUT2D eigenvalue weighted by molar-refractivity contribution is 7.97. The molecule has 2 aliphatic carbocycles. The number of amides is 1. The number of nitrogens with one attached hydrogen (secondary N) is 1. The molecule has 4 aliphatic rings. The quantitative estimate of drug-likeness (QED) is 0.394. The van der Waals surface area contributed by atoms with Crippen LogP contribution in [0.3, 0.4) is 0 Å². The molecule has 2 heterocycles. The lowest BCUT2D eigenvalue weighted by atomic mass is 9.98. The number of ether oxygens (including phenoxy) is 3. The van der Waals surface area contributed by atoms with E-state index in [1.165, 1.54) is 10.5 Å². The number of carbonyl (C=O) groups is 1. The van der Waals surface area contributed by atoms with E-state index in [0.29, 0.717) is 37.5 Å². The van der Waals surface area contributed by atoms with Gasteiger partial charge in [0.1, 0.15) is 6.10 Å². The topological polar surface area (TPSA) is 86.1 Å². The van der Waals surface area contributed by atoms with Crippen molar-refractivity contribution in [2.75, 3.05) is 32.8 Å². The second kappa shape index (κ2) is 9.74. The zero-order valence-electron chi connectivity index (χ0n) is 19.7. The lowest BCUT2D eigenvalue weighted by Gasteiger charge is -2.27. The summed E-state index contributed by atoms with van der Waals surface area (Å²) >= 11 is 1.78. The molecular formula is C25H37N3O4S. The molecule has 1 amide bonds. The predicted molar refractivity (Wildman–Crippen MR) is 127 cm³/mol. The van der Waals surface area contributed by atoms with Gasteiger partial charge in [0, 0.05) is 47.8 Å². The summed E-state index contributed by atoms with van der Waals surface area (Å²) in [6, 6.07) is 8.69.